The summed E-state index contributed by atoms with van der Waals surface area (Å²) < 4.78 is 1.77. The Morgan fingerprint density at radius 1 is 1.08 bits per heavy atom. The van der Waals surface area contributed by atoms with Crippen molar-refractivity contribution in [2.24, 2.45) is 0 Å². The molecule has 2 aromatic carbocycles. The summed E-state index contributed by atoms with van der Waals surface area (Å²) in [5.41, 5.74) is 3.70. The van der Waals surface area contributed by atoms with Gasteiger partial charge in [0, 0.05) is 12.6 Å². The Morgan fingerprint density at radius 3 is 2.72 bits per heavy atom. The molecule has 25 heavy (non-hydrogen) atoms. The van der Waals surface area contributed by atoms with Gasteiger partial charge in [0.2, 0.25) is 0 Å². The first-order valence-electron chi connectivity index (χ1n) is 8.62. The molecule has 1 aliphatic carbocycles. The smallest absolute Gasteiger partial charge is 0.170 e. The molecule has 0 spiro atoms. The van der Waals surface area contributed by atoms with Gasteiger partial charge in [0.05, 0.1) is 18.8 Å². The van der Waals surface area contributed by atoms with E-state index in [4.69, 9.17) is 0 Å². The molecule has 0 saturated heterocycles. The van der Waals surface area contributed by atoms with Gasteiger partial charge in [0.25, 0.3) is 0 Å². The second kappa shape index (κ2) is 7.13. The molecule has 3 aromatic rings. The zero-order chi connectivity index (χ0) is 17.1. The largest absolute Gasteiger partial charge is 0.395 e. The topological polar surface area (TPSA) is 67.1 Å². The number of aryl methyl sites for hydroxylation is 1. The van der Waals surface area contributed by atoms with Crippen molar-refractivity contribution in [1.29, 1.82) is 0 Å². The maximum Gasteiger partial charge on any atom is 0.170 e. The van der Waals surface area contributed by atoms with Crippen LogP contribution >= 0.6 is 0 Å². The Kier molecular flexibility index (Phi) is 4.54. The maximum atomic E-state index is 9.56. The quantitative estimate of drug-likeness (QED) is 0.747. The number of rotatable bonds is 6. The monoisotopic (exact) mass is 335 g/mol. The van der Waals surface area contributed by atoms with Gasteiger partial charge in [-0.25, -0.2) is 0 Å². The lowest BCUT2D eigenvalue weighted by atomic mass is 10.1. The number of fused-ring (bicyclic) bond motifs is 1. The second-order valence-corrected chi connectivity index (χ2v) is 6.29. The predicted octanol–water partition coefficient (Wildman–Crippen LogP) is 2.14. The van der Waals surface area contributed by atoms with Crippen LogP contribution in [0.4, 0.5) is 0 Å². The van der Waals surface area contributed by atoms with E-state index in [1.54, 1.807) is 4.68 Å². The molecule has 1 aromatic heterocycles. The van der Waals surface area contributed by atoms with Gasteiger partial charge in [-0.3, -0.25) is 4.90 Å². The van der Waals surface area contributed by atoms with E-state index < -0.39 is 0 Å². The highest BCUT2D eigenvalue weighted by Crippen LogP contribution is 2.36. The third-order valence-electron chi connectivity index (χ3n) is 4.81. The molecule has 6 nitrogen and oxygen atoms in total. The van der Waals surface area contributed by atoms with E-state index in [0.717, 1.165) is 24.4 Å². The van der Waals surface area contributed by atoms with Gasteiger partial charge in [-0.05, 0) is 46.5 Å². The number of hydrogen-bond acceptors (Lipinski definition) is 5. The van der Waals surface area contributed by atoms with Crippen LogP contribution in [0, 0.1) is 0 Å². The fourth-order valence-corrected chi connectivity index (χ4v) is 3.64. The number of tetrazole rings is 1. The average Bonchev–Trinajstić information content (AvgIpc) is 3.29. The third kappa shape index (κ3) is 3.18. The Labute approximate surface area is 146 Å². The van der Waals surface area contributed by atoms with Crippen molar-refractivity contribution < 1.29 is 5.11 Å². The number of hydrogen-bond donors (Lipinski definition) is 1. The van der Waals surface area contributed by atoms with Gasteiger partial charge in [0.1, 0.15) is 0 Å². The number of aromatic nitrogens is 4. The van der Waals surface area contributed by atoms with E-state index in [1.165, 1.54) is 11.1 Å². The van der Waals surface area contributed by atoms with E-state index in [1.807, 2.05) is 30.3 Å². The van der Waals surface area contributed by atoms with Gasteiger partial charge >= 0.3 is 0 Å². The highest BCUT2D eigenvalue weighted by atomic mass is 16.3. The molecule has 0 bridgehead atoms. The summed E-state index contributed by atoms with van der Waals surface area (Å²) >= 11 is 0. The first kappa shape index (κ1) is 15.9. The fraction of sp³-hybridized carbons (Fsp3) is 0.316. The van der Waals surface area contributed by atoms with E-state index in [0.29, 0.717) is 19.1 Å². The molecule has 1 atom stereocenters. The fourth-order valence-electron chi connectivity index (χ4n) is 3.64. The maximum absolute atomic E-state index is 9.56. The van der Waals surface area contributed by atoms with Crippen molar-refractivity contribution in [3.05, 3.63) is 71.5 Å². The minimum atomic E-state index is 0.117. The molecular formula is C19H21N5O. The molecule has 0 saturated carbocycles. The molecular weight excluding hydrogens is 314 g/mol. The van der Waals surface area contributed by atoms with Crippen LogP contribution in [0.3, 0.4) is 0 Å². The van der Waals surface area contributed by atoms with Gasteiger partial charge in [0.15, 0.2) is 5.82 Å². The molecule has 1 aliphatic rings. The molecule has 0 fully saturated rings. The van der Waals surface area contributed by atoms with Gasteiger partial charge in [-0.1, -0.05) is 42.5 Å². The van der Waals surface area contributed by atoms with Crippen LogP contribution in [0.15, 0.2) is 54.6 Å². The average molecular weight is 335 g/mol. The predicted molar refractivity (Wildman–Crippen MR) is 94.2 cm³/mol. The number of nitrogens with zero attached hydrogens (tertiary/aromatic N) is 5. The molecule has 4 rings (SSSR count). The summed E-state index contributed by atoms with van der Waals surface area (Å²) in [6.07, 6.45) is 2.14. The van der Waals surface area contributed by atoms with Crippen molar-refractivity contribution in [2.45, 2.75) is 25.4 Å². The standard InChI is InChI=1S/C19H21N5O/c25-13-12-23(18-11-10-15-6-4-5-9-17(15)18)14-19-20-21-22-24(19)16-7-2-1-3-8-16/h1-9,18,25H,10-14H2. The Balaban J connectivity index is 1.61. The molecule has 0 aliphatic heterocycles. The Bertz CT molecular complexity index is 833. The Morgan fingerprint density at radius 2 is 1.88 bits per heavy atom. The number of benzene rings is 2. The number of para-hydroxylation sites is 1. The molecule has 128 valence electrons. The first-order chi connectivity index (χ1) is 12.4. The van der Waals surface area contributed by atoms with Crippen LogP contribution in [0.2, 0.25) is 0 Å². The zero-order valence-electron chi connectivity index (χ0n) is 14.0. The normalized spacial score (nSPS) is 16.3. The van der Waals surface area contributed by atoms with Crippen molar-refractivity contribution in [2.75, 3.05) is 13.2 Å². The van der Waals surface area contributed by atoms with E-state index in [2.05, 4.69) is 44.7 Å². The van der Waals surface area contributed by atoms with Gasteiger partial charge in [-0.2, -0.15) is 4.68 Å². The van der Waals surface area contributed by atoms with Crippen LogP contribution in [-0.2, 0) is 13.0 Å². The number of aliphatic hydroxyl groups is 1. The SMILES string of the molecule is OCCN(Cc1nnnn1-c1ccccc1)C1CCc2ccccc21. The lowest BCUT2D eigenvalue weighted by molar-refractivity contribution is 0.139. The molecule has 6 heteroatoms. The first-order valence-corrected chi connectivity index (χ1v) is 8.62. The molecule has 1 heterocycles. The summed E-state index contributed by atoms with van der Waals surface area (Å²) in [7, 11) is 0. The van der Waals surface area contributed by atoms with E-state index in [-0.39, 0.29) is 6.61 Å². The Hall–Kier alpha value is -2.57. The minimum absolute atomic E-state index is 0.117. The lowest BCUT2D eigenvalue weighted by Crippen LogP contribution is -2.31. The van der Waals surface area contributed by atoms with Gasteiger partial charge in [-0.15, -0.1) is 5.10 Å². The summed E-state index contributed by atoms with van der Waals surface area (Å²) in [4.78, 5) is 2.27. The van der Waals surface area contributed by atoms with Crippen LogP contribution in [0.5, 0.6) is 0 Å². The minimum Gasteiger partial charge on any atom is -0.395 e. The molecule has 1 N–H and O–H groups in total. The molecule has 1 unspecified atom stereocenters. The van der Waals surface area contributed by atoms with Crippen molar-refractivity contribution in [3.8, 4) is 5.69 Å². The summed E-state index contributed by atoms with van der Waals surface area (Å²) in [6, 6.07) is 18.8. The van der Waals surface area contributed by atoms with Crippen LogP contribution in [-0.4, -0.2) is 43.4 Å². The highest BCUT2D eigenvalue weighted by molar-refractivity contribution is 5.35. The molecule has 0 amide bonds. The zero-order valence-corrected chi connectivity index (χ0v) is 14.0. The van der Waals surface area contributed by atoms with Crippen molar-refractivity contribution in [1.82, 2.24) is 25.1 Å². The lowest BCUT2D eigenvalue weighted by Gasteiger charge is -2.28. The van der Waals surface area contributed by atoms with E-state index >= 15 is 0 Å². The summed E-state index contributed by atoms with van der Waals surface area (Å²) in [5, 5.41) is 21.8. The third-order valence-corrected chi connectivity index (χ3v) is 4.81. The summed E-state index contributed by atoms with van der Waals surface area (Å²) in [5.74, 6) is 0.782. The highest BCUT2D eigenvalue weighted by Gasteiger charge is 2.28. The van der Waals surface area contributed by atoms with Gasteiger partial charge < -0.3 is 5.11 Å². The van der Waals surface area contributed by atoms with E-state index in [9.17, 15) is 5.11 Å². The van der Waals surface area contributed by atoms with Crippen molar-refractivity contribution in [3.63, 3.8) is 0 Å². The second-order valence-electron chi connectivity index (χ2n) is 6.29. The van der Waals surface area contributed by atoms with Crippen LogP contribution in [0.1, 0.15) is 29.4 Å². The number of aliphatic hydroxyl groups excluding tert-OH is 1. The van der Waals surface area contributed by atoms with Crippen LogP contribution < -0.4 is 0 Å². The molecule has 0 radical (unpaired) electrons. The van der Waals surface area contributed by atoms with Crippen molar-refractivity contribution >= 4 is 0 Å². The summed E-state index contributed by atoms with van der Waals surface area (Å²) in [6.45, 7) is 1.31. The van der Waals surface area contributed by atoms with Crippen LogP contribution in [0.25, 0.3) is 5.69 Å².